The van der Waals surface area contributed by atoms with Crippen LogP contribution < -0.4 is 0 Å². The van der Waals surface area contributed by atoms with Gasteiger partial charge in [0.2, 0.25) is 0 Å². The van der Waals surface area contributed by atoms with Crippen LogP contribution in [0.2, 0.25) is 0 Å². The van der Waals surface area contributed by atoms with Gasteiger partial charge < -0.3 is 8.82 Å². The van der Waals surface area contributed by atoms with E-state index in [0.717, 1.165) is 49.5 Å². The van der Waals surface area contributed by atoms with Crippen LogP contribution >= 0.6 is 0 Å². The molecule has 148 valence electrons. The second-order valence-corrected chi connectivity index (χ2v) is 7.71. The van der Waals surface area contributed by atoms with Gasteiger partial charge >= 0.3 is 0 Å². The first-order valence-electron chi connectivity index (χ1n) is 10.3. The lowest BCUT2D eigenvalue weighted by molar-refractivity contribution is 0.0762. The van der Waals surface area contributed by atoms with Crippen molar-refractivity contribution in [1.82, 2.24) is 24.3 Å². The Kier molecular flexibility index (Phi) is 4.86. The lowest BCUT2D eigenvalue weighted by Gasteiger charge is -2.41. The summed E-state index contributed by atoms with van der Waals surface area (Å²) >= 11 is 0. The zero-order valence-electron chi connectivity index (χ0n) is 16.6. The third-order valence-electron chi connectivity index (χ3n) is 5.91. The minimum atomic E-state index is 0.255. The molecule has 4 aromatic rings. The largest absolute Gasteiger partial charge is 0.449 e. The number of likely N-dealkylation sites (tertiary alicyclic amines) is 1. The van der Waals surface area contributed by atoms with E-state index in [-0.39, 0.29) is 12.1 Å². The van der Waals surface area contributed by atoms with Gasteiger partial charge in [0.15, 0.2) is 5.89 Å². The van der Waals surface area contributed by atoms with Gasteiger partial charge in [-0.3, -0.25) is 9.88 Å². The minimum absolute atomic E-state index is 0.255. The topological polar surface area (TPSA) is 59.5 Å². The summed E-state index contributed by atoms with van der Waals surface area (Å²) < 4.78 is 7.61. The summed E-state index contributed by atoms with van der Waals surface area (Å²) in [6.07, 6.45) is 13.6. The van der Waals surface area contributed by atoms with Crippen LogP contribution in [0.5, 0.6) is 0 Å². The molecule has 2 atom stereocenters. The van der Waals surface area contributed by atoms with Crippen molar-refractivity contribution in [3.63, 3.8) is 0 Å². The molecule has 5 heterocycles. The Balaban J connectivity index is 1.51. The maximum atomic E-state index is 5.51. The molecule has 1 aliphatic rings. The predicted octanol–water partition coefficient (Wildman–Crippen LogP) is 4.54. The van der Waals surface area contributed by atoms with Crippen LogP contribution in [-0.4, -0.2) is 30.8 Å². The van der Waals surface area contributed by atoms with E-state index < -0.39 is 0 Å². The Bertz CT molecular complexity index is 1050. The van der Waals surface area contributed by atoms with Crippen molar-refractivity contribution in [2.45, 2.75) is 44.7 Å². The highest BCUT2D eigenvalue weighted by molar-refractivity contribution is 5.40. The fourth-order valence-corrected chi connectivity index (χ4v) is 4.54. The number of piperidine rings is 1. The highest BCUT2D eigenvalue weighted by Crippen LogP contribution is 2.41. The molecule has 4 aromatic heterocycles. The van der Waals surface area contributed by atoms with Crippen LogP contribution in [0.15, 0.2) is 65.8 Å². The number of aromatic nitrogens is 4. The van der Waals surface area contributed by atoms with E-state index in [1.54, 1.807) is 12.5 Å². The summed E-state index contributed by atoms with van der Waals surface area (Å²) in [6, 6.07) is 10.8. The van der Waals surface area contributed by atoms with E-state index >= 15 is 0 Å². The summed E-state index contributed by atoms with van der Waals surface area (Å²) in [5.74, 6) is 0.779. The molecule has 0 aromatic carbocycles. The molecule has 29 heavy (non-hydrogen) atoms. The van der Waals surface area contributed by atoms with E-state index in [1.165, 1.54) is 11.3 Å². The Hall–Kier alpha value is -2.99. The SMILES string of the molecule is Cc1cccnc1[C@@H]1CCC[C@H](c2cn3ccccc3n2)N1CCc1ncco1. The van der Waals surface area contributed by atoms with Gasteiger partial charge in [-0.2, -0.15) is 0 Å². The normalized spacial score (nSPS) is 20.3. The molecule has 0 bridgehead atoms. The fraction of sp³-hybridized carbons (Fsp3) is 0.348. The number of nitrogens with zero attached hydrogens (tertiary/aromatic N) is 5. The summed E-state index contributed by atoms with van der Waals surface area (Å²) in [4.78, 5) is 16.6. The summed E-state index contributed by atoms with van der Waals surface area (Å²) in [6.45, 7) is 3.02. The number of pyridine rings is 2. The van der Waals surface area contributed by atoms with Crippen LogP contribution in [0.3, 0.4) is 0 Å². The summed E-state index contributed by atoms with van der Waals surface area (Å²) in [7, 11) is 0. The maximum absolute atomic E-state index is 5.51. The molecule has 1 aliphatic heterocycles. The van der Waals surface area contributed by atoms with Gasteiger partial charge in [-0.15, -0.1) is 0 Å². The molecule has 1 saturated heterocycles. The van der Waals surface area contributed by atoms with Crippen LogP contribution in [0, 0.1) is 6.92 Å². The summed E-state index contributed by atoms with van der Waals surface area (Å²) in [5, 5.41) is 0. The Morgan fingerprint density at radius 2 is 2.00 bits per heavy atom. The van der Waals surface area contributed by atoms with Crippen LogP contribution in [0.4, 0.5) is 0 Å². The molecule has 6 heteroatoms. The molecule has 0 saturated carbocycles. The monoisotopic (exact) mass is 387 g/mol. The minimum Gasteiger partial charge on any atom is -0.449 e. The van der Waals surface area contributed by atoms with E-state index in [0.29, 0.717) is 0 Å². The molecule has 6 nitrogen and oxygen atoms in total. The average molecular weight is 387 g/mol. The maximum Gasteiger partial charge on any atom is 0.195 e. The van der Waals surface area contributed by atoms with Crippen molar-refractivity contribution in [2.24, 2.45) is 0 Å². The van der Waals surface area contributed by atoms with Crippen molar-refractivity contribution in [3.05, 3.63) is 84.2 Å². The molecule has 0 N–H and O–H groups in total. The Morgan fingerprint density at radius 3 is 2.83 bits per heavy atom. The van der Waals surface area contributed by atoms with Gasteiger partial charge in [0.1, 0.15) is 11.9 Å². The standard InChI is InChI=1S/C23H25N5O/c1-17-6-5-11-25-23(17)20-8-4-7-19(28(20)14-10-22-24-12-15-29-22)18-16-27-13-3-2-9-21(27)26-18/h2-3,5-6,9,11-13,15-16,19-20H,4,7-8,10,14H2,1H3/t19-,20+/m1/s1. The number of rotatable bonds is 5. The van der Waals surface area contributed by atoms with Crippen molar-refractivity contribution in [3.8, 4) is 0 Å². The first-order chi connectivity index (χ1) is 14.3. The number of oxazole rings is 1. The predicted molar refractivity (Wildman–Crippen MR) is 110 cm³/mol. The Labute approximate surface area is 170 Å². The molecule has 0 unspecified atom stereocenters. The lowest BCUT2D eigenvalue weighted by atomic mass is 9.90. The zero-order chi connectivity index (χ0) is 19.6. The van der Waals surface area contributed by atoms with Gasteiger partial charge in [-0.25, -0.2) is 9.97 Å². The summed E-state index contributed by atoms with van der Waals surface area (Å²) in [5.41, 5.74) is 4.54. The number of imidazole rings is 1. The average Bonchev–Trinajstić information content (AvgIpc) is 3.42. The third kappa shape index (κ3) is 3.56. The number of fused-ring (bicyclic) bond motifs is 1. The van der Waals surface area contributed by atoms with Crippen LogP contribution in [0.25, 0.3) is 5.65 Å². The fourth-order valence-electron chi connectivity index (χ4n) is 4.54. The van der Waals surface area contributed by atoms with E-state index in [1.807, 2.05) is 24.4 Å². The number of hydrogen-bond acceptors (Lipinski definition) is 5. The second-order valence-electron chi connectivity index (χ2n) is 7.71. The first-order valence-corrected chi connectivity index (χ1v) is 10.3. The molecule has 0 spiro atoms. The highest BCUT2D eigenvalue weighted by Gasteiger charge is 2.35. The molecule has 0 radical (unpaired) electrons. The van der Waals surface area contributed by atoms with Crippen LogP contribution in [-0.2, 0) is 6.42 Å². The van der Waals surface area contributed by atoms with Crippen molar-refractivity contribution in [1.29, 1.82) is 0 Å². The lowest BCUT2D eigenvalue weighted by Crippen LogP contribution is -2.38. The van der Waals surface area contributed by atoms with Crippen molar-refractivity contribution < 1.29 is 4.42 Å². The van der Waals surface area contributed by atoms with Gasteiger partial charge in [0.05, 0.1) is 29.7 Å². The van der Waals surface area contributed by atoms with Gasteiger partial charge in [-0.1, -0.05) is 12.1 Å². The number of aryl methyl sites for hydroxylation is 1. The van der Waals surface area contributed by atoms with E-state index in [2.05, 4.69) is 45.7 Å². The quantitative estimate of drug-likeness (QED) is 0.503. The second kappa shape index (κ2) is 7.79. The van der Waals surface area contributed by atoms with Gasteiger partial charge in [0, 0.05) is 31.6 Å². The van der Waals surface area contributed by atoms with Gasteiger partial charge in [0.25, 0.3) is 0 Å². The highest BCUT2D eigenvalue weighted by atomic mass is 16.3. The van der Waals surface area contributed by atoms with E-state index in [4.69, 9.17) is 14.4 Å². The van der Waals surface area contributed by atoms with Gasteiger partial charge in [-0.05, 0) is 49.9 Å². The zero-order valence-corrected chi connectivity index (χ0v) is 16.6. The molecular weight excluding hydrogens is 362 g/mol. The first kappa shape index (κ1) is 18.1. The molecular formula is C23H25N5O. The van der Waals surface area contributed by atoms with Crippen LogP contribution in [0.1, 0.15) is 54.2 Å². The third-order valence-corrected chi connectivity index (χ3v) is 5.91. The van der Waals surface area contributed by atoms with Crippen molar-refractivity contribution >= 4 is 5.65 Å². The molecule has 0 amide bonds. The molecule has 0 aliphatic carbocycles. The number of hydrogen-bond donors (Lipinski definition) is 0. The molecule has 5 rings (SSSR count). The van der Waals surface area contributed by atoms with E-state index in [9.17, 15) is 0 Å². The Morgan fingerprint density at radius 1 is 1.07 bits per heavy atom. The van der Waals surface area contributed by atoms with Crippen molar-refractivity contribution in [2.75, 3.05) is 6.54 Å². The molecule has 1 fully saturated rings. The smallest absolute Gasteiger partial charge is 0.195 e.